The number of carbonyl (C=O) groups excluding carboxylic acids is 2. The van der Waals surface area contributed by atoms with Gasteiger partial charge in [-0.1, -0.05) is 29.8 Å². The van der Waals surface area contributed by atoms with E-state index in [1.807, 2.05) is 30.3 Å². The Balaban J connectivity index is 1.71. The van der Waals surface area contributed by atoms with Crippen molar-refractivity contribution in [3.05, 3.63) is 59.6 Å². The van der Waals surface area contributed by atoms with E-state index in [1.165, 1.54) is 11.8 Å². The molecule has 2 rings (SSSR count). The van der Waals surface area contributed by atoms with Crippen LogP contribution in [0.5, 0.6) is 0 Å². The second-order valence-corrected chi connectivity index (χ2v) is 6.64. The Morgan fingerprint density at radius 1 is 1.12 bits per heavy atom. The van der Waals surface area contributed by atoms with Crippen LogP contribution >= 0.6 is 23.4 Å². The van der Waals surface area contributed by atoms with Crippen molar-refractivity contribution in [3.63, 3.8) is 0 Å². The number of rotatable bonds is 7. The molecule has 6 heteroatoms. The Bertz CT molecular complexity index is 676. The van der Waals surface area contributed by atoms with Crippen molar-refractivity contribution in [1.82, 2.24) is 0 Å². The van der Waals surface area contributed by atoms with Gasteiger partial charge in [0.05, 0.1) is 6.42 Å². The van der Waals surface area contributed by atoms with Gasteiger partial charge < -0.3 is 10.1 Å². The summed E-state index contributed by atoms with van der Waals surface area (Å²) in [5, 5.41) is 3.38. The number of hydrogen-bond acceptors (Lipinski definition) is 4. The maximum atomic E-state index is 12.0. The summed E-state index contributed by atoms with van der Waals surface area (Å²) in [6.07, 6.45) is -0.603. The molecule has 0 bridgehead atoms. The van der Waals surface area contributed by atoms with Crippen LogP contribution in [-0.4, -0.2) is 23.7 Å². The molecule has 1 atom stereocenters. The number of esters is 1. The molecule has 0 aromatic heterocycles. The van der Waals surface area contributed by atoms with E-state index in [0.717, 1.165) is 4.90 Å². The van der Waals surface area contributed by atoms with Gasteiger partial charge in [0, 0.05) is 21.4 Å². The lowest BCUT2D eigenvalue weighted by Gasteiger charge is -2.13. The van der Waals surface area contributed by atoms with Crippen molar-refractivity contribution >= 4 is 40.9 Å². The first kappa shape index (κ1) is 18.4. The number of halogens is 1. The molecular formula is C18H18ClNO3S. The highest BCUT2D eigenvalue weighted by Gasteiger charge is 2.17. The van der Waals surface area contributed by atoms with Crippen molar-refractivity contribution in [3.8, 4) is 0 Å². The third-order valence-corrected chi connectivity index (χ3v) is 4.37. The molecule has 0 spiro atoms. The fourth-order valence-electron chi connectivity index (χ4n) is 1.86. The van der Waals surface area contributed by atoms with Crippen LogP contribution in [0.4, 0.5) is 5.69 Å². The van der Waals surface area contributed by atoms with Gasteiger partial charge in [0.1, 0.15) is 0 Å². The highest BCUT2D eigenvalue weighted by molar-refractivity contribution is 7.99. The highest BCUT2D eigenvalue weighted by atomic mass is 35.5. The van der Waals surface area contributed by atoms with Gasteiger partial charge in [-0.05, 0) is 43.3 Å². The number of para-hydroxylation sites is 1. The first-order valence-corrected chi connectivity index (χ1v) is 8.85. The van der Waals surface area contributed by atoms with Gasteiger partial charge in [0.25, 0.3) is 5.91 Å². The minimum atomic E-state index is -0.835. The minimum absolute atomic E-state index is 0.232. The molecule has 1 N–H and O–H groups in total. The van der Waals surface area contributed by atoms with Gasteiger partial charge in [-0.3, -0.25) is 9.59 Å². The summed E-state index contributed by atoms with van der Waals surface area (Å²) < 4.78 is 5.16. The van der Waals surface area contributed by atoms with Gasteiger partial charge in [-0.15, -0.1) is 11.8 Å². The van der Waals surface area contributed by atoms with Crippen LogP contribution in [-0.2, 0) is 14.3 Å². The normalized spacial score (nSPS) is 11.6. The number of anilines is 1. The van der Waals surface area contributed by atoms with Crippen molar-refractivity contribution in [2.24, 2.45) is 0 Å². The summed E-state index contributed by atoms with van der Waals surface area (Å²) in [6, 6.07) is 16.4. The van der Waals surface area contributed by atoms with Crippen LogP contribution in [0.15, 0.2) is 59.5 Å². The summed E-state index contributed by atoms with van der Waals surface area (Å²) in [5.41, 5.74) is 0.670. The first-order valence-electron chi connectivity index (χ1n) is 7.48. The quantitative estimate of drug-likeness (QED) is 0.585. The molecule has 2 aromatic rings. The number of amides is 1. The number of thioether (sulfide) groups is 1. The zero-order chi connectivity index (χ0) is 17.4. The van der Waals surface area contributed by atoms with Gasteiger partial charge in [0.15, 0.2) is 6.10 Å². The molecule has 0 aliphatic rings. The van der Waals surface area contributed by atoms with Gasteiger partial charge in [-0.25, -0.2) is 0 Å². The third kappa shape index (κ3) is 6.26. The maximum absolute atomic E-state index is 12.0. The number of nitrogens with one attached hydrogen (secondary N) is 1. The maximum Gasteiger partial charge on any atom is 0.307 e. The molecular weight excluding hydrogens is 346 g/mol. The second-order valence-electron chi connectivity index (χ2n) is 5.04. The largest absolute Gasteiger partial charge is 0.453 e. The first-order chi connectivity index (χ1) is 11.5. The number of hydrogen-bond donors (Lipinski definition) is 1. The molecule has 0 radical (unpaired) electrons. The SMILES string of the molecule is CC(OC(=O)CCSc1ccc(Cl)cc1)C(=O)Nc1ccccc1. The summed E-state index contributed by atoms with van der Waals surface area (Å²) in [4.78, 5) is 24.8. The van der Waals surface area contributed by atoms with E-state index in [2.05, 4.69) is 5.32 Å². The lowest BCUT2D eigenvalue weighted by molar-refractivity contribution is -0.152. The van der Waals surface area contributed by atoms with Crippen LogP contribution in [0.25, 0.3) is 0 Å². The fraction of sp³-hybridized carbons (Fsp3) is 0.222. The standard InChI is InChI=1S/C18H18ClNO3S/c1-13(18(22)20-15-5-3-2-4-6-15)23-17(21)11-12-24-16-9-7-14(19)8-10-16/h2-10,13H,11-12H2,1H3,(H,20,22). The molecule has 24 heavy (non-hydrogen) atoms. The molecule has 126 valence electrons. The smallest absolute Gasteiger partial charge is 0.307 e. The summed E-state index contributed by atoms with van der Waals surface area (Å²) in [5.74, 6) is -0.167. The summed E-state index contributed by atoms with van der Waals surface area (Å²) in [7, 11) is 0. The molecule has 4 nitrogen and oxygen atoms in total. The van der Waals surface area contributed by atoms with E-state index in [4.69, 9.17) is 16.3 Å². The Kier molecular flexibility index (Phi) is 7.15. The molecule has 0 fully saturated rings. The predicted molar refractivity (Wildman–Crippen MR) is 97.4 cm³/mol. The average molecular weight is 364 g/mol. The van der Waals surface area contributed by atoms with Crippen molar-refractivity contribution in [1.29, 1.82) is 0 Å². The van der Waals surface area contributed by atoms with Crippen LogP contribution in [0, 0.1) is 0 Å². The molecule has 1 amide bonds. The molecule has 2 aromatic carbocycles. The fourth-order valence-corrected chi connectivity index (χ4v) is 2.82. The Morgan fingerprint density at radius 3 is 2.46 bits per heavy atom. The van der Waals surface area contributed by atoms with Gasteiger partial charge >= 0.3 is 5.97 Å². The summed E-state index contributed by atoms with van der Waals surface area (Å²) in [6.45, 7) is 1.56. The molecule has 0 heterocycles. The lowest BCUT2D eigenvalue weighted by Crippen LogP contribution is -2.30. The van der Waals surface area contributed by atoms with Gasteiger partial charge in [0.2, 0.25) is 0 Å². The van der Waals surface area contributed by atoms with E-state index >= 15 is 0 Å². The van der Waals surface area contributed by atoms with E-state index in [9.17, 15) is 9.59 Å². The van der Waals surface area contributed by atoms with Crippen LogP contribution in [0.1, 0.15) is 13.3 Å². The Labute approximate surface area is 150 Å². The predicted octanol–water partition coefficient (Wildman–Crippen LogP) is 4.39. The van der Waals surface area contributed by atoms with E-state index in [-0.39, 0.29) is 12.3 Å². The zero-order valence-corrected chi connectivity index (χ0v) is 14.8. The molecule has 0 aliphatic carbocycles. The number of ether oxygens (including phenoxy) is 1. The highest BCUT2D eigenvalue weighted by Crippen LogP contribution is 2.21. The van der Waals surface area contributed by atoms with E-state index in [1.54, 1.807) is 31.2 Å². The molecule has 1 unspecified atom stereocenters. The van der Waals surface area contributed by atoms with Crippen LogP contribution < -0.4 is 5.32 Å². The topological polar surface area (TPSA) is 55.4 Å². The van der Waals surface area contributed by atoms with E-state index < -0.39 is 12.1 Å². The molecule has 0 saturated heterocycles. The molecule has 0 aliphatic heterocycles. The van der Waals surface area contributed by atoms with Crippen LogP contribution in [0.2, 0.25) is 5.02 Å². The minimum Gasteiger partial charge on any atom is -0.453 e. The second kappa shape index (κ2) is 9.35. The van der Waals surface area contributed by atoms with Crippen molar-refractivity contribution in [2.45, 2.75) is 24.3 Å². The Hall–Kier alpha value is -1.98. The lowest BCUT2D eigenvalue weighted by atomic mass is 10.3. The third-order valence-electron chi connectivity index (χ3n) is 3.11. The van der Waals surface area contributed by atoms with Crippen molar-refractivity contribution < 1.29 is 14.3 Å². The van der Waals surface area contributed by atoms with Crippen molar-refractivity contribution in [2.75, 3.05) is 11.1 Å². The van der Waals surface area contributed by atoms with Gasteiger partial charge in [-0.2, -0.15) is 0 Å². The zero-order valence-electron chi connectivity index (χ0n) is 13.2. The number of benzene rings is 2. The monoisotopic (exact) mass is 363 g/mol. The van der Waals surface area contributed by atoms with E-state index in [0.29, 0.717) is 16.5 Å². The summed E-state index contributed by atoms with van der Waals surface area (Å²) >= 11 is 7.36. The van der Waals surface area contributed by atoms with Crippen LogP contribution in [0.3, 0.4) is 0 Å². The average Bonchev–Trinajstić information content (AvgIpc) is 2.57. The molecule has 0 saturated carbocycles. The number of carbonyl (C=O) groups is 2. The Morgan fingerprint density at radius 2 is 1.79 bits per heavy atom.